The van der Waals surface area contributed by atoms with Crippen LogP contribution in [0.2, 0.25) is 0 Å². The molecule has 1 aliphatic heterocycles. The second kappa shape index (κ2) is 8.65. The van der Waals surface area contributed by atoms with Crippen LogP contribution in [0.4, 0.5) is 0 Å². The second-order valence-electron chi connectivity index (χ2n) is 6.82. The van der Waals surface area contributed by atoms with Crippen molar-refractivity contribution < 1.29 is 9.90 Å². The summed E-state index contributed by atoms with van der Waals surface area (Å²) < 4.78 is 0. The van der Waals surface area contributed by atoms with Gasteiger partial charge in [-0.2, -0.15) is 0 Å². The number of β-amino-alcohol motifs (C(OH)–C–C–N with tert-alkyl or cyclic N) is 1. The van der Waals surface area contributed by atoms with E-state index in [1.807, 2.05) is 0 Å². The molecule has 5 heteroatoms. The number of amides is 1. The van der Waals surface area contributed by atoms with Crippen LogP contribution < -0.4 is 0 Å². The predicted molar refractivity (Wildman–Crippen MR) is 88.7 cm³/mol. The number of allylic oxidation sites excluding steroid dienone is 1. The molecule has 0 spiro atoms. The highest BCUT2D eigenvalue weighted by Crippen LogP contribution is 2.20. The van der Waals surface area contributed by atoms with Crippen LogP contribution in [0, 0.1) is 0 Å². The SMILES string of the molecule is CN1CCN(C[C@H](O)CN(C)C(=O)CC2=CCCCC2)CC1. The zero-order chi connectivity index (χ0) is 15.9. The normalized spacial score (nSPS) is 22.2. The highest BCUT2D eigenvalue weighted by Gasteiger charge is 2.20. The number of nitrogens with zero attached hydrogens (tertiary/aromatic N) is 3. The second-order valence-corrected chi connectivity index (χ2v) is 6.82. The Bertz CT molecular complexity index is 389. The number of hydrogen-bond donors (Lipinski definition) is 1. The van der Waals surface area contributed by atoms with E-state index in [1.165, 1.54) is 18.4 Å². The van der Waals surface area contributed by atoms with Crippen LogP contribution in [-0.2, 0) is 4.79 Å². The summed E-state index contributed by atoms with van der Waals surface area (Å²) in [5, 5.41) is 10.2. The number of aliphatic hydroxyl groups is 1. The maximum absolute atomic E-state index is 12.2. The first kappa shape index (κ1) is 17.4. The zero-order valence-electron chi connectivity index (χ0n) is 14.1. The van der Waals surface area contributed by atoms with Crippen molar-refractivity contribution in [3.05, 3.63) is 11.6 Å². The van der Waals surface area contributed by atoms with Gasteiger partial charge in [0.2, 0.25) is 5.91 Å². The predicted octanol–water partition coefficient (Wildman–Crippen LogP) is 0.944. The van der Waals surface area contributed by atoms with Gasteiger partial charge >= 0.3 is 0 Å². The molecule has 1 saturated heterocycles. The van der Waals surface area contributed by atoms with Crippen LogP contribution in [0.15, 0.2) is 11.6 Å². The van der Waals surface area contributed by atoms with Crippen molar-refractivity contribution in [1.82, 2.24) is 14.7 Å². The molecule has 1 amide bonds. The van der Waals surface area contributed by atoms with Gasteiger partial charge in [0.1, 0.15) is 0 Å². The van der Waals surface area contributed by atoms with Gasteiger partial charge in [-0.1, -0.05) is 11.6 Å². The molecule has 1 N–H and O–H groups in total. The van der Waals surface area contributed by atoms with Gasteiger partial charge in [-0.3, -0.25) is 9.69 Å². The van der Waals surface area contributed by atoms with E-state index >= 15 is 0 Å². The van der Waals surface area contributed by atoms with Crippen molar-refractivity contribution in [2.24, 2.45) is 0 Å². The smallest absolute Gasteiger partial charge is 0.226 e. The number of hydrogen-bond acceptors (Lipinski definition) is 4. The highest BCUT2D eigenvalue weighted by molar-refractivity contribution is 5.78. The third-order valence-corrected chi connectivity index (χ3v) is 4.74. The number of rotatable bonds is 6. The first-order chi connectivity index (χ1) is 10.5. The molecule has 22 heavy (non-hydrogen) atoms. The van der Waals surface area contributed by atoms with E-state index < -0.39 is 6.10 Å². The first-order valence-electron chi connectivity index (χ1n) is 8.55. The van der Waals surface area contributed by atoms with Crippen molar-refractivity contribution in [2.75, 3.05) is 53.4 Å². The maximum Gasteiger partial charge on any atom is 0.226 e. The van der Waals surface area contributed by atoms with Gasteiger partial charge in [0, 0.05) is 52.7 Å². The molecule has 2 aliphatic rings. The Morgan fingerprint density at radius 2 is 2.05 bits per heavy atom. The van der Waals surface area contributed by atoms with E-state index in [0.29, 0.717) is 19.5 Å². The summed E-state index contributed by atoms with van der Waals surface area (Å²) in [4.78, 5) is 18.5. The third kappa shape index (κ3) is 5.71. The molecule has 2 rings (SSSR count). The van der Waals surface area contributed by atoms with Crippen molar-refractivity contribution in [1.29, 1.82) is 0 Å². The van der Waals surface area contributed by atoms with Crippen LogP contribution in [0.25, 0.3) is 0 Å². The molecular weight excluding hydrogens is 278 g/mol. The summed E-state index contributed by atoms with van der Waals surface area (Å²) >= 11 is 0. The molecule has 1 heterocycles. The molecule has 0 aromatic carbocycles. The molecule has 1 fully saturated rings. The Kier molecular flexibility index (Phi) is 6.86. The topological polar surface area (TPSA) is 47.0 Å². The summed E-state index contributed by atoms with van der Waals surface area (Å²) in [5.74, 6) is 0.130. The van der Waals surface area contributed by atoms with E-state index in [0.717, 1.165) is 39.0 Å². The molecule has 1 atom stereocenters. The summed E-state index contributed by atoms with van der Waals surface area (Å²) in [7, 11) is 3.93. The van der Waals surface area contributed by atoms with Gasteiger partial charge in [0.25, 0.3) is 0 Å². The molecule has 5 nitrogen and oxygen atoms in total. The lowest BCUT2D eigenvalue weighted by atomic mass is 9.97. The van der Waals surface area contributed by atoms with E-state index in [2.05, 4.69) is 22.9 Å². The largest absolute Gasteiger partial charge is 0.390 e. The highest BCUT2D eigenvalue weighted by atomic mass is 16.3. The molecule has 0 radical (unpaired) electrons. The number of carbonyl (C=O) groups excluding carboxylic acids is 1. The Balaban J connectivity index is 1.69. The van der Waals surface area contributed by atoms with E-state index in [-0.39, 0.29) is 5.91 Å². The average molecular weight is 309 g/mol. The Morgan fingerprint density at radius 3 is 2.68 bits per heavy atom. The van der Waals surface area contributed by atoms with Crippen molar-refractivity contribution in [3.63, 3.8) is 0 Å². The molecule has 0 saturated carbocycles. The van der Waals surface area contributed by atoms with Gasteiger partial charge in [-0.25, -0.2) is 0 Å². The molecule has 1 aliphatic carbocycles. The Labute approximate surface area is 134 Å². The quantitative estimate of drug-likeness (QED) is 0.742. The first-order valence-corrected chi connectivity index (χ1v) is 8.55. The van der Waals surface area contributed by atoms with Crippen LogP contribution in [0.5, 0.6) is 0 Å². The fourth-order valence-corrected chi connectivity index (χ4v) is 3.20. The molecule has 0 aromatic heterocycles. The summed E-state index contributed by atoms with van der Waals surface area (Å²) in [5.41, 5.74) is 1.27. The van der Waals surface area contributed by atoms with Crippen LogP contribution in [-0.4, -0.2) is 85.2 Å². The monoisotopic (exact) mass is 309 g/mol. The maximum atomic E-state index is 12.2. The number of likely N-dealkylation sites (N-methyl/N-ethyl adjacent to an activating group) is 2. The summed E-state index contributed by atoms with van der Waals surface area (Å²) in [6.07, 6.45) is 6.90. The molecule has 0 bridgehead atoms. The fraction of sp³-hybridized carbons (Fsp3) is 0.824. The number of carbonyl (C=O) groups is 1. The lowest BCUT2D eigenvalue weighted by Crippen LogP contribution is -2.49. The fourth-order valence-electron chi connectivity index (χ4n) is 3.20. The van der Waals surface area contributed by atoms with Gasteiger partial charge in [-0.15, -0.1) is 0 Å². The van der Waals surface area contributed by atoms with Crippen LogP contribution in [0.3, 0.4) is 0 Å². The van der Waals surface area contributed by atoms with Crippen molar-refractivity contribution >= 4 is 5.91 Å². The molecular formula is C17H31N3O2. The minimum Gasteiger partial charge on any atom is -0.390 e. The minimum absolute atomic E-state index is 0.130. The summed E-state index contributed by atoms with van der Waals surface area (Å²) in [6, 6.07) is 0. The lowest BCUT2D eigenvalue weighted by molar-refractivity contribution is -0.130. The minimum atomic E-state index is -0.460. The van der Waals surface area contributed by atoms with E-state index in [1.54, 1.807) is 11.9 Å². The standard InChI is InChI=1S/C17H31N3O2/c1-18-8-10-20(11-9-18)14-16(21)13-19(2)17(22)12-15-6-4-3-5-7-15/h6,16,21H,3-5,7-14H2,1-2H3/t16-/m1/s1. The van der Waals surface area contributed by atoms with Gasteiger partial charge in [0.15, 0.2) is 0 Å². The summed E-state index contributed by atoms with van der Waals surface area (Å²) in [6.45, 7) is 5.19. The van der Waals surface area contributed by atoms with Crippen molar-refractivity contribution in [3.8, 4) is 0 Å². The van der Waals surface area contributed by atoms with Crippen LogP contribution >= 0.6 is 0 Å². The number of piperazine rings is 1. The molecule has 0 aromatic rings. The lowest BCUT2D eigenvalue weighted by Gasteiger charge is -2.34. The number of aliphatic hydroxyl groups excluding tert-OH is 1. The van der Waals surface area contributed by atoms with Gasteiger partial charge < -0.3 is 14.9 Å². The van der Waals surface area contributed by atoms with Crippen LogP contribution in [0.1, 0.15) is 32.1 Å². The molecule has 0 unspecified atom stereocenters. The van der Waals surface area contributed by atoms with E-state index in [9.17, 15) is 9.90 Å². The Hall–Kier alpha value is -0.910. The average Bonchev–Trinajstić information content (AvgIpc) is 2.50. The Morgan fingerprint density at radius 1 is 1.32 bits per heavy atom. The van der Waals surface area contributed by atoms with E-state index in [4.69, 9.17) is 0 Å². The van der Waals surface area contributed by atoms with Crippen molar-refractivity contribution in [2.45, 2.75) is 38.2 Å². The zero-order valence-corrected chi connectivity index (χ0v) is 14.1. The third-order valence-electron chi connectivity index (χ3n) is 4.74. The van der Waals surface area contributed by atoms with Gasteiger partial charge in [-0.05, 0) is 32.7 Å². The molecule has 126 valence electrons. The van der Waals surface area contributed by atoms with Gasteiger partial charge in [0.05, 0.1) is 6.10 Å².